The van der Waals surface area contributed by atoms with Gasteiger partial charge in [-0.15, -0.1) is 0 Å². The van der Waals surface area contributed by atoms with E-state index in [0.29, 0.717) is 0 Å². The highest BCUT2D eigenvalue weighted by Crippen LogP contribution is 2.42. The first-order valence-corrected chi connectivity index (χ1v) is 13.9. The van der Waals surface area contributed by atoms with Crippen LogP contribution in [0, 0.1) is 0 Å². The van der Waals surface area contributed by atoms with Gasteiger partial charge in [0.1, 0.15) is 18.9 Å². The molecule has 0 aliphatic carbocycles. The summed E-state index contributed by atoms with van der Waals surface area (Å²) in [7, 11) is -17.6. The first kappa shape index (κ1) is 24.6. The molecule has 0 spiro atoms. The summed E-state index contributed by atoms with van der Waals surface area (Å²) in [5.41, 5.74) is 0. The highest BCUT2D eigenvalue weighted by Gasteiger charge is 2.28. The van der Waals surface area contributed by atoms with Crippen LogP contribution in [-0.2, 0) is 18.3 Å². The quantitative estimate of drug-likeness (QED) is 0.192. The molecule has 0 amide bonds. The lowest BCUT2D eigenvalue weighted by Crippen LogP contribution is -2.37. The molecule has 0 aliphatic heterocycles. The van der Waals surface area contributed by atoms with Crippen molar-refractivity contribution >= 4 is 30.2 Å². The van der Waals surface area contributed by atoms with Gasteiger partial charge in [-0.05, 0) is 0 Å². The SMILES string of the molecule is CP(=O)(O)CN(CCN(CP(=O)(O)O)CP(=O)(O)O)CP(=O)(O)O. The van der Waals surface area contributed by atoms with Crippen LogP contribution in [0.25, 0.3) is 0 Å². The topological polar surface area (TPSA) is 216 Å². The second-order valence-corrected chi connectivity index (χ2v) is 12.6. The van der Waals surface area contributed by atoms with Crippen molar-refractivity contribution in [2.24, 2.45) is 0 Å². The maximum Gasteiger partial charge on any atom is 0.339 e. The molecule has 24 heavy (non-hydrogen) atoms. The van der Waals surface area contributed by atoms with Crippen molar-refractivity contribution in [1.82, 2.24) is 9.80 Å². The lowest BCUT2D eigenvalue weighted by atomic mass is 10.5. The zero-order chi connectivity index (χ0) is 19.4. The van der Waals surface area contributed by atoms with Crippen LogP contribution in [0.1, 0.15) is 0 Å². The van der Waals surface area contributed by atoms with Gasteiger partial charge in [0.15, 0.2) is 0 Å². The first-order valence-electron chi connectivity index (χ1n) is 6.24. The Hall–Kier alpha value is 0.560. The Labute approximate surface area is 138 Å². The number of hydrogen-bond acceptors (Lipinski definition) is 6. The molecule has 0 radical (unpaired) electrons. The van der Waals surface area contributed by atoms with Gasteiger partial charge in [0.2, 0.25) is 7.37 Å². The molecule has 1 atom stereocenters. The number of nitrogens with zero attached hydrogens (tertiary/aromatic N) is 2. The van der Waals surface area contributed by atoms with Crippen LogP contribution in [0.3, 0.4) is 0 Å². The lowest BCUT2D eigenvalue weighted by Gasteiger charge is -2.28. The summed E-state index contributed by atoms with van der Waals surface area (Å²) in [5, 5.41) is 0. The van der Waals surface area contributed by atoms with Gasteiger partial charge < -0.3 is 34.3 Å². The van der Waals surface area contributed by atoms with Gasteiger partial charge >= 0.3 is 22.8 Å². The van der Waals surface area contributed by atoms with Gasteiger partial charge in [0.25, 0.3) is 0 Å². The standard InChI is InChI=1S/C7H22N2O11P4/c1-21(10,11)4-8(5-22(12,13)14)2-3-9(6-23(15,16)17)7-24(18,19)20/h2-7H2,1H3,(H,10,11)(H2,12,13,14)(H2,15,16,17)(H2,18,19,20). The molecule has 0 bridgehead atoms. The van der Waals surface area contributed by atoms with E-state index < -0.39 is 61.8 Å². The van der Waals surface area contributed by atoms with E-state index in [9.17, 15) is 23.2 Å². The fraction of sp³-hybridized carbons (Fsp3) is 1.00. The summed E-state index contributed by atoms with van der Waals surface area (Å²) < 4.78 is 44.5. The highest BCUT2D eigenvalue weighted by atomic mass is 31.2. The Balaban J connectivity index is 5.07. The molecule has 17 heteroatoms. The van der Waals surface area contributed by atoms with Gasteiger partial charge in [-0.3, -0.25) is 28.1 Å². The number of rotatable bonds is 11. The second kappa shape index (κ2) is 8.97. The highest BCUT2D eigenvalue weighted by molar-refractivity contribution is 7.57. The largest absolute Gasteiger partial charge is 0.344 e. The van der Waals surface area contributed by atoms with E-state index in [4.69, 9.17) is 29.4 Å². The molecule has 0 fully saturated rings. The van der Waals surface area contributed by atoms with Crippen molar-refractivity contribution in [1.29, 1.82) is 0 Å². The Morgan fingerprint density at radius 3 is 1.04 bits per heavy atom. The van der Waals surface area contributed by atoms with E-state index >= 15 is 0 Å². The monoisotopic (exact) mass is 434 g/mol. The summed E-state index contributed by atoms with van der Waals surface area (Å²) in [5.74, 6) is 0. The molecule has 0 heterocycles. The van der Waals surface area contributed by atoms with E-state index in [-0.39, 0.29) is 6.54 Å². The maximum atomic E-state index is 11.4. The summed E-state index contributed by atoms with van der Waals surface area (Å²) in [6.07, 6.45) is -3.45. The second-order valence-electron chi connectivity index (χ2n) is 5.40. The molecule has 7 N–H and O–H groups in total. The van der Waals surface area contributed by atoms with Crippen molar-refractivity contribution in [3.05, 3.63) is 0 Å². The van der Waals surface area contributed by atoms with Crippen molar-refractivity contribution in [2.45, 2.75) is 0 Å². The predicted molar refractivity (Wildman–Crippen MR) is 84.8 cm³/mol. The Morgan fingerprint density at radius 2 is 0.833 bits per heavy atom. The minimum absolute atomic E-state index is 0.344. The van der Waals surface area contributed by atoms with Gasteiger partial charge in [0, 0.05) is 19.8 Å². The van der Waals surface area contributed by atoms with Gasteiger partial charge in [-0.2, -0.15) is 0 Å². The molecule has 0 saturated heterocycles. The first-order chi connectivity index (χ1) is 10.4. The van der Waals surface area contributed by atoms with Crippen LogP contribution in [0.4, 0.5) is 0 Å². The van der Waals surface area contributed by atoms with Crippen molar-refractivity contribution in [3.8, 4) is 0 Å². The van der Waals surface area contributed by atoms with E-state index in [1.165, 1.54) is 0 Å². The normalized spacial score (nSPS) is 16.6. The fourth-order valence-electron chi connectivity index (χ4n) is 1.81. The molecule has 0 aliphatic rings. The molecular formula is C7H22N2O11P4. The van der Waals surface area contributed by atoms with Crippen LogP contribution in [-0.4, -0.2) is 89.0 Å². The molecule has 0 saturated carbocycles. The summed E-state index contributed by atoms with van der Waals surface area (Å²) in [6.45, 7) is 0.225. The average molecular weight is 434 g/mol. The third-order valence-corrected chi connectivity index (χ3v) is 5.58. The van der Waals surface area contributed by atoms with Crippen LogP contribution in [0.15, 0.2) is 0 Å². The number of hydrogen-bond donors (Lipinski definition) is 7. The van der Waals surface area contributed by atoms with Crippen LogP contribution in [0.2, 0.25) is 0 Å². The minimum atomic E-state index is -4.64. The molecule has 0 aromatic heterocycles. The van der Waals surface area contributed by atoms with Crippen LogP contribution >= 0.6 is 30.2 Å². The van der Waals surface area contributed by atoms with Crippen molar-refractivity contribution in [2.75, 3.05) is 44.9 Å². The Bertz CT molecular complexity index is 487. The molecule has 1 unspecified atom stereocenters. The van der Waals surface area contributed by atoms with E-state index in [1.807, 2.05) is 0 Å². The molecular weight excluding hydrogens is 412 g/mol. The Morgan fingerprint density at radius 1 is 0.583 bits per heavy atom. The van der Waals surface area contributed by atoms with Gasteiger partial charge in [-0.1, -0.05) is 0 Å². The zero-order valence-corrected chi connectivity index (χ0v) is 16.3. The van der Waals surface area contributed by atoms with Crippen molar-refractivity contribution < 1.29 is 52.5 Å². The van der Waals surface area contributed by atoms with Gasteiger partial charge in [0.05, 0.1) is 6.29 Å². The van der Waals surface area contributed by atoms with E-state index in [1.54, 1.807) is 0 Å². The predicted octanol–water partition coefficient (Wildman–Crippen LogP) is -1.15. The van der Waals surface area contributed by atoms with Crippen LogP contribution < -0.4 is 0 Å². The maximum absolute atomic E-state index is 11.4. The molecule has 146 valence electrons. The van der Waals surface area contributed by atoms with Gasteiger partial charge in [-0.25, -0.2) is 0 Å². The van der Waals surface area contributed by atoms with E-state index in [0.717, 1.165) is 16.5 Å². The third kappa shape index (κ3) is 16.1. The zero-order valence-electron chi connectivity index (χ0n) is 12.7. The summed E-state index contributed by atoms with van der Waals surface area (Å²) >= 11 is 0. The molecule has 13 nitrogen and oxygen atoms in total. The van der Waals surface area contributed by atoms with Crippen LogP contribution in [0.5, 0.6) is 0 Å². The van der Waals surface area contributed by atoms with Crippen molar-refractivity contribution in [3.63, 3.8) is 0 Å². The Kier molecular flexibility index (Phi) is 9.18. The van der Waals surface area contributed by atoms with E-state index in [2.05, 4.69) is 0 Å². The smallest absolute Gasteiger partial charge is 0.339 e. The lowest BCUT2D eigenvalue weighted by molar-refractivity contribution is 0.233. The summed E-state index contributed by atoms with van der Waals surface area (Å²) in [6, 6.07) is 0. The average Bonchev–Trinajstić information content (AvgIpc) is 2.16. The summed E-state index contributed by atoms with van der Waals surface area (Å²) in [4.78, 5) is 64.5. The third-order valence-electron chi connectivity index (χ3n) is 2.35. The fourth-order valence-corrected chi connectivity index (χ4v) is 5.39. The molecule has 0 aromatic carbocycles. The minimum Gasteiger partial charge on any atom is -0.344 e. The molecule has 0 rings (SSSR count). The molecule has 0 aromatic rings.